The van der Waals surface area contributed by atoms with Crippen LogP contribution in [0.25, 0.3) is 12.2 Å². The zero-order valence-corrected chi connectivity index (χ0v) is 8.13. The fourth-order valence-corrected chi connectivity index (χ4v) is 1.87. The third-order valence-corrected chi connectivity index (χ3v) is 2.60. The molecule has 2 rings (SSSR count). The van der Waals surface area contributed by atoms with Crippen LogP contribution < -0.4 is 15.2 Å². The maximum Gasteiger partial charge on any atom is 0.122 e. The molecule has 1 aliphatic rings. The maximum atomic E-state index is 5.28. The Balaban J connectivity index is 2.77. The number of fused-ring (bicyclic) bond motifs is 1. The van der Waals surface area contributed by atoms with E-state index in [0.717, 1.165) is 12.2 Å². The number of benzene rings is 1. The first kappa shape index (κ1) is 8.36. The summed E-state index contributed by atoms with van der Waals surface area (Å²) in [7, 11) is 1.72. The van der Waals surface area contributed by atoms with E-state index in [2.05, 4.69) is 25.1 Å². The molecule has 1 aromatic rings. The standard InChI is InChI=1S/C12H14O/c1-9-11-6-4-3-5-10(11)7-8-12(9)13-2/h5-8H,3-4H2,1-2H3. The Labute approximate surface area is 78.3 Å². The SMILES string of the molecule is COc1ccc2c(c1C)=CCCC=2. The lowest BCUT2D eigenvalue weighted by molar-refractivity contribution is 0.411. The number of rotatable bonds is 1. The van der Waals surface area contributed by atoms with Crippen LogP contribution in [-0.2, 0) is 0 Å². The molecule has 0 spiro atoms. The summed E-state index contributed by atoms with van der Waals surface area (Å²) in [5.41, 5.74) is 1.26. The van der Waals surface area contributed by atoms with Gasteiger partial charge in [0.1, 0.15) is 5.75 Å². The van der Waals surface area contributed by atoms with Crippen LogP contribution in [0.2, 0.25) is 0 Å². The number of ether oxygens (including phenoxy) is 1. The summed E-state index contributed by atoms with van der Waals surface area (Å²) < 4.78 is 5.28. The van der Waals surface area contributed by atoms with Crippen LogP contribution in [0.3, 0.4) is 0 Å². The molecule has 0 amide bonds. The Kier molecular flexibility index (Phi) is 2.09. The average Bonchev–Trinajstić information content (AvgIpc) is 2.19. The maximum absolute atomic E-state index is 5.28. The molecule has 0 heterocycles. The Bertz CT molecular complexity index is 429. The normalized spacial score (nSPS) is 14.0. The van der Waals surface area contributed by atoms with Crippen molar-refractivity contribution in [2.24, 2.45) is 0 Å². The highest BCUT2D eigenvalue weighted by Crippen LogP contribution is 2.11. The van der Waals surface area contributed by atoms with Gasteiger partial charge >= 0.3 is 0 Å². The first-order valence-electron chi connectivity index (χ1n) is 4.67. The Morgan fingerprint density at radius 3 is 2.69 bits per heavy atom. The van der Waals surface area contributed by atoms with Crippen LogP contribution in [0.5, 0.6) is 5.75 Å². The van der Waals surface area contributed by atoms with Crippen molar-refractivity contribution in [1.29, 1.82) is 0 Å². The summed E-state index contributed by atoms with van der Waals surface area (Å²) in [6.45, 7) is 2.12. The van der Waals surface area contributed by atoms with Gasteiger partial charge in [-0.05, 0) is 41.8 Å². The topological polar surface area (TPSA) is 9.23 Å². The van der Waals surface area contributed by atoms with Crippen molar-refractivity contribution in [3.63, 3.8) is 0 Å². The van der Waals surface area contributed by atoms with Gasteiger partial charge in [-0.2, -0.15) is 0 Å². The van der Waals surface area contributed by atoms with Crippen LogP contribution in [0.4, 0.5) is 0 Å². The van der Waals surface area contributed by atoms with E-state index >= 15 is 0 Å². The van der Waals surface area contributed by atoms with Crippen LogP contribution in [-0.4, -0.2) is 7.11 Å². The van der Waals surface area contributed by atoms with Gasteiger partial charge in [0, 0.05) is 0 Å². The molecule has 68 valence electrons. The first-order valence-corrected chi connectivity index (χ1v) is 4.67. The molecule has 0 unspecified atom stereocenters. The highest BCUT2D eigenvalue weighted by Gasteiger charge is 2.01. The van der Waals surface area contributed by atoms with Gasteiger partial charge in [-0.1, -0.05) is 18.2 Å². The first-order chi connectivity index (χ1) is 6.33. The summed E-state index contributed by atoms with van der Waals surface area (Å²) in [4.78, 5) is 0. The number of hydrogen-bond acceptors (Lipinski definition) is 1. The second-order valence-electron chi connectivity index (χ2n) is 3.38. The quantitative estimate of drug-likeness (QED) is 0.624. The van der Waals surface area contributed by atoms with Crippen molar-refractivity contribution in [2.45, 2.75) is 19.8 Å². The Morgan fingerprint density at radius 1 is 1.15 bits per heavy atom. The van der Waals surface area contributed by atoms with Crippen LogP contribution in [0, 0.1) is 6.92 Å². The third kappa shape index (κ3) is 1.35. The van der Waals surface area contributed by atoms with Gasteiger partial charge in [-0.15, -0.1) is 0 Å². The molecule has 0 atom stereocenters. The van der Waals surface area contributed by atoms with Gasteiger partial charge in [-0.3, -0.25) is 0 Å². The van der Waals surface area contributed by atoms with Gasteiger partial charge in [0.05, 0.1) is 7.11 Å². The van der Waals surface area contributed by atoms with E-state index in [4.69, 9.17) is 4.74 Å². The van der Waals surface area contributed by atoms with Crippen LogP contribution >= 0.6 is 0 Å². The third-order valence-electron chi connectivity index (χ3n) is 2.60. The smallest absolute Gasteiger partial charge is 0.122 e. The molecule has 1 nitrogen and oxygen atoms in total. The Hall–Kier alpha value is -1.24. The average molecular weight is 174 g/mol. The van der Waals surface area contributed by atoms with Crippen molar-refractivity contribution in [3.8, 4) is 5.75 Å². The van der Waals surface area contributed by atoms with Gasteiger partial charge in [-0.25, -0.2) is 0 Å². The minimum Gasteiger partial charge on any atom is -0.496 e. The van der Waals surface area contributed by atoms with Crippen LogP contribution in [0.1, 0.15) is 18.4 Å². The van der Waals surface area contributed by atoms with E-state index in [9.17, 15) is 0 Å². The largest absolute Gasteiger partial charge is 0.496 e. The summed E-state index contributed by atoms with van der Waals surface area (Å²) in [6, 6.07) is 4.18. The minimum atomic E-state index is 0.991. The molecular weight excluding hydrogens is 160 g/mol. The molecule has 1 aliphatic carbocycles. The molecule has 0 aromatic heterocycles. The van der Waals surface area contributed by atoms with E-state index in [0.29, 0.717) is 0 Å². The monoisotopic (exact) mass is 174 g/mol. The summed E-state index contributed by atoms with van der Waals surface area (Å²) in [5.74, 6) is 0.991. The molecule has 0 saturated carbocycles. The highest BCUT2D eigenvalue weighted by atomic mass is 16.5. The summed E-state index contributed by atoms with van der Waals surface area (Å²) >= 11 is 0. The molecule has 1 heteroatoms. The van der Waals surface area contributed by atoms with Crippen molar-refractivity contribution in [1.82, 2.24) is 0 Å². The predicted molar refractivity (Wildman–Crippen MR) is 55.1 cm³/mol. The highest BCUT2D eigenvalue weighted by molar-refractivity contribution is 5.45. The molecule has 0 N–H and O–H groups in total. The van der Waals surface area contributed by atoms with Gasteiger partial charge in [0.25, 0.3) is 0 Å². The van der Waals surface area contributed by atoms with Gasteiger partial charge in [0.15, 0.2) is 0 Å². The van der Waals surface area contributed by atoms with E-state index in [-0.39, 0.29) is 0 Å². The second kappa shape index (κ2) is 3.25. The van der Waals surface area contributed by atoms with Crippen molar-refractivity contribution < 1.29 is 4.74 Å². The lowest BCUT2D eigenvalue weighted by Gasteiger charge is -2.07. The molecule has 1 aromatic carbocycles. The lowest BCUT2D eigenvalue weighted by atomic mass is 10.0. The zero-order chi connectivity index (χ0) is 9.26. The minimum absolute atomic E-state index is 0.991. The molecule has 0 aliphatic heterocycles. The van der Waals surface area contributed by atoms with E-state index in [1.807, 2.05) is 6.07 Å². The van der Waals surface area contributed by atoms with Crippen molar-refractivity contribution in [3.05, 3.63) is 28.1 Å². The van der Waals surface area contributed by atoms with Gasteiger partial charge in [0.2, 0.25) is 0 Å². The predicted octanol–water partition coefficient (Wildman–Crippen LogP) is 1.36. The molecule has 0 radical (unpaired) electrons. The van der Waals surface area contributed by atoms with Crippen molar-refractivity contribution in [2.75, 3.05) is 7.11 Å². The number of methoxy groups -OCH3 is 1. The summed E-state index contributed by atoms with van der Waals surface area (Å²) in [5, 5.41) is 2.70. The molecular formula is C12H14O. The van der Waals surface area contributed by atoms with Crippen LogP contribution in [0.15, 0.2) is 12.1 Å². The Morgan fingerprint density at radius 2 is 1.92 bits per heavy atom. The fraction of sp³-hybridized carbons (Fsp3) is 0.333. The van der Waals surface area contributed by atoms with Crippen molar-refractivity contribution >= 4 is 12.2 Å². The molecule has 0 saturated heterocycles. The van der Waals surface area contributed by atoms with E-state index in [1.54, 1.807) is 7.11 Å². The second-order valence-corrected chi connectivity index (χ2v) is 3.38. The molecule has 13 heavy (non-hydrogen) atoms. The van der Waals surface area contributed by atoms with Gasteiger partial charge < -0.3 is 4.74 Å². The lowest BCUT2D eigenvalue weighted by Crippen LogP contribution is -2.29. The fourth-order valence-electron chi connectivity index (χ4n) is 1.87. The van der Waals surface area contributed by atoms with E-state index < -0.39 is 0 Å². The zero-order valence-electron chi connectivity index (χ0n) is 8.13. The molecule has 0 bridgehead atoms. The molecule has 0 fully saturated rings. The number of hydrogen-bond donors (Lipinski definition) is 0. The summed E-state index contributed by atoms with van der Waals surface area (Å²) in [6.07, 6.45) is 6.91. The van der Waals surface area contributed by atoms with E-state index in [1.165, 1.54) is 22.4 Å².